The summed E-state index contributed by atoms with van der Waals surface area (Å²) in [5.41, 5.74) is -0.240. The standard InChI is InChI=1S/C36H39FN4O9S2/c1-22(26-10-8-9-11-27(26)36(48-7)20-39(21-36)33(42)50-35(2,3)4)41-31-28(37)17-25(18-30(31)49-34(41)43)52(44,45)40(32-38-14-15-51-32)19-23-12-13-24(46-5)16-29(23)47-6/h8-18,22H,19-21H2,1-7H3. The van der Waals surface area contributed by atoms with Crippen molar-refractivity contribution in [2.75, 3.05) is 38.7 Å². The highest BCUT2D eigenvalue weighted by Gasteiger charge is 2.49. The summed E-state index contributed by atoms with van der Waals surface area (Å²) in [4.78, 5) is 31.5. The molecule has 1 atom stereocenters. The molecule has 1 saturated heterocycles. The molecule has 2 aromatic heterocycles. The molecule has 0 aliphatic carbocycles. The number of likely N-dealkylation sites (tertiary alicyclic amines) is 1. The third-order valence-corrected chi connectivity index (χ3v) is 11.5. The molecule has 0 spiro atoms. The monoisotopic (exact) mass is 754 g/mol. The zero-order chi connectivity index (χ0) is 37.6. The number of carbonyl (C=O) groups excluding carboxylic acids is 1. The van der Waals surface area contributed by atoms with E-state index in [9.17, 15) is 18.0 Å². The quantitative estimate of drug-likeness (QED) is 0.151. The van der Waals surface area contributed by atoms with Crippen LogP contribution in [0.3, 0.4) is 0 Å². The maximum Gasteiger partial charge on any atom is 0.420 e. The van der Waals surface area contributed by atoms with Crippen molar-refractivity contribution >= 4 is 43.7 Å². The molecular weight excluding hydrogens is 716 g/mol. The number of carbonyl (C=O) groups is 1. The molecule has 1 aliphatic rings. The largest absolute Gasteiger partial charge is 0.497 e. The molecule has 0 saturated carbocycles. The molecule has 6 rings (SSSR count). The van der Waals surface area contributed by atoms with Gasteiger partial charge in [-0.25, -0.2) is 31.7 Å². The summed E-state index contributed by atoms with van der Waals surface area (Å²) in [6, 6.07) is 13.4. The SMILES string of the molecule is COc1ccc(CN(c2nccs2)S(=O)(=O)c2cc(F)c3c(c2)oc(=O)n3C(C)c2ccccc2C2(OC)CN(C(=O)OC(C)(C)C)C2)c(OC)c1. The molecule has 0 bridgehead atoms. The summed E-state index contributed by atoms with van der Waals surface area (Å²) < 4.78 is 74.8. The highest BCUT2D eigenvalue weighted by molar-refractivity contribution is 7.93. The van der Waals surface area contributed by atoms with Gasteiger partial charge in [-0.2, -0.15) is 0 Å². The predicted molar refractivity (Wildman–Crippen MR) is 192 cm³/mol. The molecule has 5 aromatic rings. The lowest BCUT2D eigenvalue weighted by atomic mass is 9.81. The van der Waals surface area contributed by atoms with Crippen LogP contribution < -0.4 is 19.5 Å². The van der Waals surface area contributed by atoms with Gasteiger partial charge in [-0.1, -0.05) is 24.3 Å². The Labute approximate surface area is 304 Å². The van der Waals surface area contributed by atoms with Gasteiger partial charge in [0, 0.05) is 36.4 Å². The maximum atomic E-state index is 16.3. The lowest BCUT2D eigenvalue weighted by molar-refractivity contribution is -0.127. The number of halogens is 1. The number of amides is 1. The molecule has 1 unspecified atom stereocenters. The van der Waals surface area contributed by atoms with Gasteiger partial charge < -0.3 is 28.3 Å². The molecule has 1 fully saturated rings. The van der Waals surface area contributed by atoms with E-state index in [4.69, 9.17) is 23.4 Å². The fourth-order valence-corrected chi connectivity index (χ4v) is 8.60. The van der Waals surface area contributed by atoms with Gasteiger partial charge in [0.1, 0.15) is 28.2 Å². The second-order valence-electron chi connectivity index (χ2n) is 13.3. The first kappa shape index (κ1) is 36.8. The van der Waals surface area contributed by atoms with Gasteiger partial charge in [-0.15, -0.1) is 11.3 Å². The van der Waals surface area contributed by atoms with E-state index >= 15 is 4.39 Å². The second-order valence-corrected chi connectivity index (χ2v) is 16.0. The van der Waals surface area contributed by atoms with Gasteiger partial charge in [0.2, 0.25) is 0 Å². The Kier molecular flexibility index (Phi) is 9.85. The van der Waals surface area contributed by atoms with Crippen LogP contribution in [0.15, 0.2) is 80.3 Å². The van der Waals surface area contributed by atoms with E-state index in [0.29, 0.717) is 28.2 Å². The molecule has 1 aliphatic heterocycles. The molecule has 0 radical (unpaired) electrons. The Balaban J connectivity index is 1.37. The van der Waals surface area contributed by atoms with Crippen LogP contribution in [0, 0.1) is 5.82 Å². The molecule has 16 heteroatoms. The number of thiazole rings is 1. The Morgan fingerprint density at radius 3 is 2.46 bits per heavy atom. The minimum Gasteiger partial charge on any atom is -0.497 e. The van der Waals surface area contributed by atoms with Gasteiger partial charge in [0.05, 0.1) is 44.8 Å². The molecular formula is C36H39FN4O9S2. The zero-order valence-electron chi connectivity index (χ0n) is 29.7. The van der Waals surface area contributed by atoms with Crippen LogP contribution in [0.5, 0.6) is 11.5 Å². The third kappa shape index (κ3) is 6.73. The summed E-state index contributed by atoms with van der Waals surface area (Å²) in [5.74, 6) is -0.972. The minimum atomic E-state index is -4.48. The predicted octanol–water partition coefficient (Wildman–Crippen LogP) is 6.30. The molecule has 13 nitrogen and oxygen atoms in total. The molecule has 276 valence electrons. The van der Waals surface area contributed by atoms with Crippen molar-refractivity contribution in [3.63, 3.8) is 0 Å². The number of aromatic nitrogens is 2. The van der Waals surface area contributed by atoms with Crippen molar-refractivity contribution in [3.05, 3.63) is 99.2 Å². The van der Waals surface area contributed by atoms with Crippen LogP contribution in [0.4, 0.5) is 14.3 Å². The lowest BCUT2D eigenvalue weighted by Crippen LogP contribution is -2.63. The Bertz CT molecular complexity index is 2270. The molecule has 0 N–H and O–H groups in total. The summed E-state index contributed by atoms with van der Waals surface area (Å²) in [6.45, 7) is 7.24. The van der Waals surface area contributed by atoms with E-state index in [0.717, 1.165) is 32.3 Å². The molecule has 3 heterocycles. The van der Waals surface area contributed by atoms with Crippen LogP contribution in [-0.2, 0) is 31.6 Å². The van der Waals surface area contributed by atoms with E-state index in [-0.39, 0.29) is 35.9 Å². The maximum absolute atomic E-state index is 16.3. The number of methoxy groups -OCH3 is 3. The summed E-state index contributed by atoms with van der Waals surface area (Å²) in [7, 11) is 0.0153. The number of rotatable bonds is 11. The summed E-state index contributed by atoms with van der Waals surface area (Å²) in [6.07, 6.45) is 0.981. The van der Waals surface area contributed by atoms with Gasteiger partial charge in [0.25, 0.3) is 10.0 Å². The van der Waals surface area contributed by atoms with Crippen LogP contribution >= 0.6 is 11.3 Å². The fraction of sp³-hybridized carbons (Fsp3) is 0.361. The number of sulfonamides is 1. The number of hydrogen-bond acceptors (Lipinski definition) is 11. The van der Waals surface area contributed by atoms with E-state index in [1.54, 1.807) is 63.4 Å². The first-order valence-electron chi connectivity index (χ1n) is 16.2. The normalized spacial score (nSPS) is 14.9. The number of benzene rings is 3. The smallest absolute Gasteiger partial charge is 0.420 e. The Morgan fingerprint density at radius 2 is 1.83 bits per heavy atom. The van der Waals surface area contributed by atoms with Crippen LogP contribution in [-0.4, -0.2) is 69.0 Å². The minimum absolute atomic E-state index is 0.135. The highest BCUT2D eigenvalue weighted by atomic mass is 32.2. The number of fused-ring (bicyclic) bond motifs is 1. The van der Waals surface area contributed by atoms with Gasteiger partial charge in [-0.3, -0.25) is 4.57 Å². The van der Waals surface area contributed by atoms with Crippen LogP contribution in [0.1, 0.15) is 50.4 Å². The summed E-state index contributed by atoms with van der Waals surface area (Å²) in [5, 5.41) is 1.76. The number of ether oxygens (including phenoxy) is 4. The van der Waals surface area contributed by atoms with Crippen molar-refractivity contribution in [2.24, 2.45) is 0 Å². The van der Waals surface area contributed by atoms with Gasteiger partial charge in [-0.05, 0) is 57.0 Å². The van der Waals surface area contributed by atoms with Crippen molar-refractivity contribution < 1.29 is 41.0 Å². The Morgan fingerprint density at radius 1 is 1.10 bits per heavy atom. The zero-order valence-corrected chi connectivity index (χ0v) is 31.3. The van der Waals surface area contributed by atoms with Crippen molar-refractivity contribution in [1.82, 2.24) is 14.5 Å². The van der Waals surface area contributed by atoms with E-state index in [2.05, 4.69) is 4.98 Å². The number of nitrogens with zero attached hydrogens (tertiary/aromatic N) is 4. The first-order valence-corrected chi connectivity index (χ1v) is 18.5. The lowest BCUT2D eigenvalue weighted by Gasteiger charge is -2.50. The van der Waals surface area contributed by atoms with E-state index in [1.165, 1.54) is 32.4 Å². The van der Waals surface area contributed by atoms with Gasteiger partial charge in [0.15, 0.2) is 16.5 Å². The van der Waals surface area contributed by atoms with Crippen LogP contribution in [0.2, 0.25) is 0 Å². The van der Waals surface area contributed by atoms with Crippen molar-refractivity contribution in [3.8, 4) is 11.5 Å². The van der Waals surface area contributed by atoms with Crippen LogP contribution in [0.25, 0.3) is 11.1 Å². The molecule has 52 heavy (non-hydrogen) atoms. The molecule has 3 aromatic carbocycles. The third-order valence-electron chi connectivity index (χ3n) is 8.89. The van der Waals surface area contributed by atoms with Crippen molar-refractivity contribution in [1.29, 1.82) is 0 Å². The fourth-order valence-electron chi connectivity index (χ4n) is 6.31. The Hall–Kier alpha value is -4.93. The van der Waals surface area contributed by atoms with E-state index in [1.807, 2.05) is 12.1 Å². The average molecular weight is 755 g/mol. The number of anilines is 1. The topological polar surface area (TPSA) is 143 Å². The number of oxazole rings is 1. The highest BCUT2D eigenvalue weighted by Crippen LogP contribution is 2.41. The number of hydrogen-bond donors (Lipinski definition) is 0. The van der Waals surface area contributed by atoms with E-state index < -0.39 is 49.8 Å². The first-order chi connectivity index (χ1) is 24.6. The molecule has 1 amide bonds. The van der Waals surface area contributed by atoms with Crippen molar-refractivity contribution in [2.45, 2.75) is 56.4 Å². The van der Waals surface area contributed by atoms with Gasteiger partial charge >= 0.3 is 11.8 Å². The second kappa shape index (κ2) is 13.9. The average Bonchev–Trinajstić information content (AvgIpc) is 3.74. The summed E-state index contributed by atoms with van der Waals surface area (Å²) >= 11 is 1.08.